The van der Waals surface area contributed by atoms with Gasteiger partial charge in [0.1, 0.15) is 5.82 Å². The van der Waals surface area contributed by atoms with Crippen LogP contribution < -0.4 is 10.0 Å². The Bertz CT molecular complexity index is 1000. The number of hydrogen-bond acceptors (Lipinski definition) is 5. The van der Waals surface area contributed by atoms with Crippen molar-refractivity contribution in [3.8, 4) is 0 Å². The van der Waals surface area contributed by atoms with Crippen LogP contribution in [0.25, 0.3) is 0 Å². The van der Waals surface area contributed by atoms with E-state index in [0.29, 0.717) is 36.9 Å². The molecule has 1 aliphatic heterocycles. The number of nitrogens with one attached hydrogen (secondary N) is 2. The predicted octanol–water partition coefficient (Wildman–Crippen LogP) is 3.49. The molecule has 1 unspecified atom stereocenters. The minimum atomic E-state index is -3.85. The van der Waals surface area contributed by atoms with E-state index in [1.807, 2.05) is 0 Å². The number of anilines is 1. The molecule has 0 aromatic heterocycles. The fourth-order valence-electron chi connectivity index (χ4n) is 4.15. The monoisotopic (exact) mass is 477 g/mol. The fraction of sp³-hybridized carbons (Fsp3) is 0.458. The minimum Gasteiger partial charge on any atom is -0.379 e. The van der Waals surface area contributed by atoms with Crippen molar-refractivity contribution in [2.24, 2.45) is 5.92 Å². The molecule has 2 aromatic rings. The van der Waals surface area contributed by atoms with Gasteiger partial charge in [-0.3, -0.25) is 14.4 Å². The first-order chi connectivity index (χ1) is 15.8. The largest absolute Gasteiger partial charge is 0.379 e. The van der Waals surface area contributed by atoms with E-state index in [-0.39, 0.29) is 16.8 Å². The van der Waals surface area contributed by atoms with E-state index in [9.17, 15) is 17.6 Å². The van der Waals surface area contributed by atoms with E-state index in [4.69, 9.17) is 4.74 Å². The highest BCUT2D eigenvalue weighted by molar-refractivity contribution is 7.92. The quantitative estimate of drug-likeness (QED) is 0.547. The molecule has 1 fully saturated rings. The molecule has 1 saturated heterocycles. The van der Waals surface area contributed by atoms with Crippen LogP contribution in [0.1, 0.15) is 37.0 Å². The molecule has 2 N–H and O–H groups in total. The van der Waals surface area contributed by atoms with E-state index in [1.165, 1.54) is 24.3 Å². The van der Waals surface area contributed by atoms with Crippen LogP contribution in [-0.4, -0.2) is 58.1 Å². The maximum Gasteiger partial charge on any atom is 0.261 e. The molecule has 9 heteroatoms. The number of rotatable bonds is 10. The van der Waals surface area contributed by atoms with Crippen molar-refractivity contribution >= 4 is 21.6 Å². The molecule has 7 nitrogen and oxygen atoms in total. The van der Waals surface area contributed by atoms with Crippen LogP contribution in [0.5, 0.6) is 0 Å². The van der Waals surface area contributed by atoms with Crippen LogP contribution >= 0.6 is 0 Å². The lowest BCUT2D eigenvalue weighted by molar-refractivity contribution is 0.00191. The summed E-state index contributed by atoms with van der Waals surface area (Å²) in [4.78, 5) is 15.1. The van der Waals surface area contributed by atoms with Gasteiger partial charge in [-0.05, 0) is 54.4 Å². The minimum absolute atomic E-state index is 0.0405. The zero-order valence-electron chi connectivity index (χ0n) is 19.1. The van der Waals surface area contributed by atoms with Gasteiger partial charge < -0.3 is 10.1 Å². The molecule has 1 heterocycles. The average Bonchev–Trinajstić information content (AvgIpc) is 2.82. The molecule has 0 spiro atoms. The van der Waals surface area contributed by atoms with Crippen molar-refractivity contribution in [1.29, 1.82) is 0 Å². The Morgan fingerprint density at radius 1 is 1.03 bits per heavy atom. The lowest BCUT2D eigenvalue weighted by Crippen LogP contribution is -2.52. The Labute approximate surface area is 195 Å². The molecule has 0 radical (unpaired) electrons. The maximum atomic E-state index is 13.1. The van der Waals surface area contributed by atoms with Crippen molar-refractivity contribution in [2.45, 2.75) is 37.6 Å². The lowest BCUT2D eigenvalue weighted by Gasteiger charge is -2.38. The molecule has 180 valence electrons. The number of carbonyl (C=O) groups is 1. The van der Waals surface area contributed by atoms with Gasteiger partial charge in [-0.1, -0.05) is 26.7 Å². The van der Waals surface area contributed by atoms with Gasteiger partial charge in [0.15, 0.2) is 0 Å². The molecule has 0 bridgehead atoms. The topological polar surface area (TPSA) is 87.7 Å². The Morgan fingerprint density at radius 3 is 2.21 bits per heavy atom. The van der Waals surface area contributed by atoms with Crippen LogP contribution in [-0.2, 0) is 14.8 Å². The summed E-state index contributed by atoms with van der Waals surface area (Å²) in [6.45, 7) is 8.04. The third kappa shape index (κ3) is 6.75. The number of ether oxygens (including phenoxy) is 1. The summed E-state index contributed by atoms with van der Waals surface area (Å²) in [5.41, 5.74) is 0.768. The highest BCUT2D eigenvalue weighted by Crippen LogP contribution is 2.20. The number of hydrogen-bond donors (Lipinski definition) is 2. The second-order valence-electron chi connectivity index (χ2n) is 8.14. The Balaban J connectivity index is 1.62. The number of benzene rings is 2. The molecule has 1 amide bonds. The average molecular weight is 478 g/mol. The van der Waals surface area contributed by atoms with Gasteiger partial charge in [0.05, 0.1) is 18.1 Å². The standard InChI is InChI=1S/C24H32FN3O4S/c1-3-18(4-2)23(28-13-15-32-16-14-28)17-26-24(29)19-5-9-21(10-6-19)27-33(30,31)22-11-7-20(25)8-12-22/h5-12,18,23,27H,3-4,13-17H2,1-2H3,(H,26,29). The molecular formula is C24H32FN3O4S. The number of morpholine rings is 1. The first-order valence-electron chi connectivity index (χ1n) is 11.3. The second kappa shape index (κ2) is 11.6. The van der Waals surface area contributed by atoms with Crippen LogP contribution in [0.3, 0.4) is 0 Å². The summed E-state index contributed by atoms with van der Waals surface area (Å²) >= 11 is 0. The van der Waals surface area contributed by atoms with E-state index < -0.39 is 15.8 Å². The number of sulfonamides is 1. The highest BCUT2D eigenvalue weighted by atomic mass is 32.2. The number of amides is 1. The van der Waals surface area contributed by atoms with Gasteiger partial charge in [0, 0.05) is 36.9 Å². The molecule has 2 aromatic carbocycles. The molecule has 1 atom stereocenters. The van der Waals surface area contributed by atoms with Crippen molar-refractivity contribution in [2.75, 3.05) is 37.6 Å². The van der Waals surface area contributed by atoms with E-state index in [1.54, 1.807) is 12.1 Å². The smallest absolute Gasteiger partial charge is 0.261 e. The van der Waals surface area contributed by atoms with Crippen LogP contribution in [0, 0.1) is 11.7 Å². The van der Waals surface area contributed by atoms with Crippen LogP contribution in [0.4, 0.5) is 10.1 Å². The Hall–Kier alpha value is -2.49. The summed E-state index contributed by atoms with van der Waals surface area (Å²) in [6, 6.07) is 11.1. The summed E-state index contributed by atoms with van der Waals surface area (Å²) in [5, 5.41) is 3.05. The lowest BCUT2D eigenvalue weighted by atomic mass is 9.92. The first-order valence-corrected chi connectivity index (χ1v) is 12.8. The molecule has 1 aliphatic rings. The third-order valence-electron chi connectivity index (χ3n) is 6.10. The second-order valence-corrected chi connectivity index (χ2v) is 9.82. The number of nitrogens with zero attached hydrogens (tertiary/aromatic N) is 1. The van der Waals surface area contributed by atoms with Crippen molar-refractivity contribution < 1.29 is 22.3 Å². The number of halogens is 1. The van der Waals surface area contributed by atoms with Gasteiger partial charge >= 0.3 is 0 Å². The Morgan fingerprint density at radius 2 is 1.64 bits per heavy atom. The zero-order valence-corrected chi connectivity index (χ0v) is 19.9. The van der Waals surface area contributed by atoms with Crippen LogP contribution in [0.2, 0.25) is 0 Å². The highest BCUT2D eigenvalue weighted by Gasteiger charge is 2.27. The van der Waals surface area contributed by atoms with E-state index in [0.717, 1.165) is 38.1 Å². The van der Waals surface area contributed by atoms with Crippen LogP contribution in [0.15, 0.2) is 53.4 Å². The van der Waals surface area contributed by atoms with Crippen molar-refractivity contribution in [3.63, 3.8) is 0 Å². The molecular weight excluding hydrogens is 445 g/mol. The SMILES string of the molecule is CCC(CC)C(CNC(=O)c1ccc(NS(=O)(=O)c2ccc(F)cc2)cc1)N1CCOCC1. The summed E-state index contributed by atoms with van der Waals surface area (Å²) in [7, 11) is -3.85. The number of carbonyl (C=O) groups excluding carboxylic acids is 1. The van der Waals surface area contributed by atoms with Gasteiger partial charge in [0.2, 0.25) is 0 Å². The summed E-state index contributed by atoms with van der Waals surface area (Å²) in [6.07, 6.45) is 2.08. The van der Waals surface area contributed by atoms with Gasteiger partial charge in [-0.15, -0.1) is 0 Å². The molecule has 3 rings (SSSR count). The van der Waals surface area contributed by atoms with Gasteiger partial charge in [-0.25, -0.2) is 12.8 Å². The van der Waals surface area contributed by atoms with E-state index in [2.05, 4.69) is 28.8 Å². The third-order valence-corrected chi connectivity index (χ3v) is 7.50. The first kappa shape index (κ1) is 25.1. The fourth-order valence-corrected chi connectivity index (χ4v) is 5.21. The zero-order chi connectivity index (χ0) is 23.8. The Kier molecular flexibility index (Phi) is 8.82. The molecule has 0 aliphatic carbocycles. The molecule has 33 heavy (non-hydrogen) atoms. The molecule has 0 saturated carbocycles. The summed E-state index contributed by atoms with van der Waals surface area (Å²) < 4.78 is 45.9. The summed E-state index contributed by atoms with van der Waals surface area (Å²) in [5.74, 6) is -0.233. The van der Waals surface area contributed by atoms with Crippen molar-refractivity contribution in [1.82, 2.24) is 10.2 Å². The normalized spacial score (nSPS) is 15.9. The van der Waals surface area contributed by atoms with Gasteiger partial charge in [-0.2, -0.15) is 0 Å². The van der Waals surface area contributed by atoms with Gasteiger partial charge in [0.25, 0.3) is 15.9 Å². The predicted molar refractivity (Wildman–Crippen MR) is 126 cm³/mol. The van der Waals surface area contributed by atoms with E-state index >= 15 is 0 Å². The van der Waals surface area contributed by atoms with Crippen molar-refractivity contribution in [3.05, 3.63) is 59.9 Å². The maximum absolute atomic E-state index is 13.1.